The van der Waals surface area contributed by atoms with Gasteiger partial charge in [-0.15, -0.1) is 0 Å². The van der Waals surface area contributed by atoms with Crippen LogP contribution < -0.4 is 0 Å². The second-order valence-electron chi connectivity index (χ2n) is 3.33. The van der Waals surface area contributed by atoms with Crippen LogP contribution in [0.4, 0.5) is 0 Å². The Bertz CT molecular complexity index is 382. The highest BCUT2D eigenvalue weighted by Gasteiger charge is 2.24. The smallest absolute Gasteiger partial charge is 0.246 e. The average Bonchev–Trinajstić information content (AvgIpc) is 3.02. The minimum absolute atomic E-state index is 0.0103. The number of fused-ring (bicyclic) bond motifs is 1. The largest absolute Gasteiger partial charge is 0.329 e. The Labute approximate surface area is 110 Å². The summed E-state index contributed by atoms with van der Waals surface area (Å²) in [6.45, 7) is 15.7. The van der Waals surface area contributed by atoms with E-state index in [2.05, 4.69) is 11.7 Å². The SMILES string of the molecule is C=CC(=O)N1Cc2cnn(CC)c2C1.CC.CC. The molecule has 2 heterocycles. The number of aryl methyl sites for hydroxylation is 1. The Balaban J connectivity index is 0.000000659. The standard InChI is InChI=1S/C10H13N3O.2C2H6/c1-3-10(14)12-6-8-5-11-13(4-2)9(8)7-12;2*1-2/h3,5H,1,4,6-7H2,2H3;2*1-2H3. The van der Waals surface area contributed by atoms with Crippen molar-refractivity contribution in [1.29, 1.82) is 0 Å². The van der Waals surface area contributed by atoms with Crippen LogP contribution in [0.1, 0.15) is 45.9 Å². The molecule has 0 bridgehead atoms. The van der Waals surface area contributed by atoms with Gasteiger partial charge in [-0.2, -0.15) is 5.10 Å². The van der Waals surface area contributed by atoms with Crippen LogP contribution in [0.2, 0.25) is 0 Å². The predicted molar refractivity (Wildman–Crippen MR) is 75.0 cm³/mol. The average molecular weight is 251 g/mol. The first kappa shape index (κ1) is 16.4. The minimum Gasteiger partial charge on any atom is -0.329 e. The van der Waals surface area contributed by atoms with Gasteiger partial charge in [0.1, 0.15) is 0 Å². The lowest BCUT2D eigenvalue weighted by Gasteiger charge is -2.12. The molecule has 2 rings (SSSR count). The van der Waals surface area contributed by atoms with Gasteiger partial charge >= 0.3 is 0 Å². The summed E-state index contributed by atoms with van der Waals surface area (Å²) in [5, 5.41) is 4.23. The summed E-state index contributed by atoms with van der Waals surface area (Å²) >= 11 is 0. The van der Waals surface area contributed by atoms with Crippen molar-refractivity contribution in [3.8, 4) is 0 Å². The normalized spacial score (nSPS) is 11.7. The molecule has 0 saturated carbocycles. The monoisotopic (exact) mass is 251 g/mol. The molecule has 4 heteroatoms. The Morgan fingerprint density at radius 3 is 2.50 bits per heavy atom. The number of amides is 1. The zero-order valence-electron chi connectivity index (χ0n) is 12.2. The van der Waals surface area contributed by atoms with Crippen molar-refractivity contribution in [2.24, 2.45) is 0 Å². The molecule has 0 aliphatic carbocycles. The Morgan fingerprint density at radius 1 is 1.39 bits per heavy atom. The molecule has 1 aromatic heterocycles. The number of carbonyl (C=O) groups is 1. The molecule has 0 unspecified atom stereocenters. The summed E-state index contributed by atoms with van der Waals surface area (Å²) in [5.74, 6) is -0.0103. The number of hydrogen-bond donors (Lipinski definition) is 0. The molecule has 1 amide bonds. The molecule has 0 spiro atoms. The van der Waals surface area contributed by atoms with E-state index in [1.54, 1.807) is 4.90 Å². The summed E-state index contributed by atoms with van der Waals surface area (Å²) in [6, 6.07) is 0. The maximum Gasteiger partial charge on any atom is 0.246 e. The number of aromatic nitrogens is 2. The maximum atomic E-state index is 11.4. The van der Waals surface area contributed by atoms with Gasteiger partial charge in [-0.3, -0.25) is 9.48 Å². The molecule has 0 atom stereocenters. The number of carbonyl (C=O) groups excluding carboxylic acids is 1. The van der Waals surface area contributed by atoms with E-state index in [4.69, 9.17) is 0 Å². The van der Waals surface area contributed by atoms with Gasteiger partial charge in [-0.1, -0.05) is 34.3 Å². The second-order valence-corrected chi connectivity index (χ2v) is 3.33. The highest BCUT2D eigenvalue weighted by molar-refractivity contribution is 5.87. The van der Waals surface area contributed by atoms with Gasteiger partial charge in [0, 0.05) is 18.7 Å². The Morgan fingerprint density at radius 2 is 2.00 bits per heavy atom. The molecule has 0 saturated heterocycles. The van der Waals surface area contributed by atoms with E-state index in [1.807, 2.05) is 45.5 Å². The van der Waals surface area contributed by atoms with Crippen molar-refractivity contribution in [2.75, 3.05) is 0 Å². The van der Waals surface area contributed by atoms with Gasteiger partial charge in [-0.05, 0) is 13.0 Å². The molecule has 1 aromatic rings. The quantitative estimate of drug-likeness (QED) is 0.758. The highest BCUT2D eigenvalue weighted by Crippen LogP contribution is 2.22. The predicted octanol–water partition coefficient (Wildman–Crippen LogP) is 2.98. The van der Waals surface area contributed by atoms with Crippen molar-refractivity contribution < 1.29 is 4.79 Å². The lowest BCUT2D eigenvalue weighted by Crippen LogP contribution is -2.23. The molecule has 1 aliphatic rings. The van der Waals surface area contributed by atoms with E-state index in [0.29, 0.717) is 13.1 Å². The number of rotatable bonds is 2. The van der Waals surface area contributed by atoms with Gasteiger partial charge in [0.2, 0.25) is 5.91 Å². The maximum absolute atomic E-state index is 11.4. The van der Waals surface area contributed by atoms with Gasteiger partial charge in [0.25, 0.3) is 0 Å². The van der Waals surface area contributed by atoms with E-state index in [0.717, 1.165) is 17.8 Å². The molecule has 4 nitrogen and oxygen atoms in total. The molecule has 0 N–H and O–H groups in total. The third-order valence-corrected chi connectivity index (χ3v) is 2.52. The van der Waals surface area contributed by atoms with Crippen LogP contribution in [0.15, 0.2) is 18.9 Å². The fourth-order valence-corrected chi connectivity index (χ4v) is 1.76. The van der Waals surface area contributed by atoms with Crippen molar-refractivity contribution in [3.05, 3.63) is 30.1 Å². The summed E-state index contributed by atoms with van der Waals surface area (Å²) in [5.41, 5.74) is 2.31. The van der Waals surface area contributed by atoms with Crippen molar-refractivity contribution >= 4 is 5.91 Å². The van der Waals surface area contributed by atoms with Crippen molar-refractivity contribution in [1.82, 2.24) is 14.7 Å². The Hall–Kier alpha value is -1.58. The zero-order valence-corrected chi connectivity index (χ0v) is 12.2. The van der Waals surface area contributed by atoms with Crippen molar-refractivity contribution in [2.45, 2.75) is 54.3 Å². The zero-order chi connectivity index (χ0) is 14.1. The highest BCUT2D eigenvalue weighted by atomic mass is 16.2. The van der Waals surface area contributed by atoms with E-state index >= 15 is 0 Å². The summed E-state index contributed by atoms with van der Waals surface area (Å²) in [4.78, 5) is 13.1. The molecule has 102 valence electrons. The first-order valence-electron chi connectivity index (χ1n) is 6.71. The van der Waals surface area contributed by atoms with E-state index in [1.165, 1.54) is 6.08 Å². The summed E-state index contributed by atoms with van der Waals surface area (Å²) < 4.78 is 1.94. The molecular weight excluding hydrogens is 226 g/mol. The lowest BCUT2D eigenvalue weighted by atomic mass is 10.3. The van der Waals surface area contributed by atoms with Gasteiger partial charge in [0.15, 0.2) is 0 Å². The summed E-state index contributed by atoms with van der Waals surface area (Å²) in [7, 11) is 0. The lowest BCUT2D eigenvalue weighted by molar-refractivity contribution is -0.126. The van der Waals surface area contributed by atoms with Crippen LogP contribution in [0.5, 0.6) is 0 Å². The fraction of sp³-hybridized carbons (Fsp3) is 0.571. The van der Waals surface area contributed by atoms with Gasteiger partial charge in [0.05, 0.1) is 18.4 Å². The molecular formula is C14H25N3O. The first-order chi connectivity index (χ1) is 8.76. The third kappa shape index (κ3) is 3.45. The van der Waals surface area contributed by atoms with E-state index < -0.39 is 0 Å². The fourth-order valence-electron chi connectivity index (χ4n) is 1.76. The third-order valence-electron chi connectivity index (χ3n) is 2.52. The van der Waals surface area contributed by atoms with Crippen LogP contribution in [0, 0.1) is 0 Å². The van der Waals surface area contributed by atoms with E-state index in [-0.39, 0.29) is 5.91 Å². The molecule has 0 aromatic carbocycles. The van der Waals surface area contributed by atoms with Crippen LogP contribution in [-0.4, -0.2) is 20.6 Å². The van der Waals surface area contributed by atoms with Crippen LogP contribution in [0.25, 0.3) is 0 Å². The molecule has 0 radical (unpaired) electrons. The van der Waals surface area contributed by atoms with Gasteiger partial charge < -0.3 is 4.90 Å². The topological polar surface area (TPSA) is 38.1 Å². The summed E-state index contributed by atoms with van der Waals surface area (Å²) in [6.07, 6.45) is 3.20. The molecule has 0 fully saturated rings. The second kappa shape index (κ2) is 8.50. The van der Waals surface area contributed by atoms with E-state index in [9.17, 15) is 4.79 Å². The van der Waals surface area contributed by atoms with Crippen LogP contribution >= 0.6 is 0 Å². The molecule has 18 heavy (non-hydrogen) atoms. The first-order valence-corrected chi connectivity index (χ1v) is 6.71. The molecule has 1 aliphatic heterocycles. The van der Waals surface area contributed by atoms with Crippen LogP contribution in [-0.2, 0) is 24.4 Å². The minimum atomic E-state index is -0.0103. The van der Waals surface area contributed by atoms with Gasteiger partial charge in [-0.25, -0.2) is 0 Å². The van der Waals surface area contributed by atoms with Crippen LogP contribution in [0.3, 0.4) is 0 Å². The van der Waals surface area contributed by atoms with Crippen molar-refractivity contribution in [3.63, 3.8) is 0 Å². The number of hydrogen-bond acceptors (Lipinski definition) is 2. The Kier molecular flexibility index (Phi) is 7.76. The number of nitrogens with zero attached hydrogens (tertiary/aromatic N) is 3.